The van der Waals surface area contributed by atoms with Gasteiger partial charge >= 0.3 is 6.03 Å². The summed E-state index contributed by atoms with van der Waals surface area (Å²) < 4.78 is 1.92. The van der Waals surface area contributed by atoms with Gasteiger partial charge in [-0.1, -0.05) is 0 Å². The lowest BCUT2D eigenvalue weighted by Gasteiger charge is -2.27. The van der Waals surface area contributed by atoms with Gasteiger partial charge in [0.05, 0.1) is 27.6 Å². The normalized spacial score (nSPS) is 13.7. The Balaban J connectivity index is 1.35. The van der Waals surface area contributed by atoms with E-state index >= 15 is 0 Å². The molecule has 2 amide bonds. The highest BCUT2D eigenvalue weighted by Gasteiger charge is 2.23. The number of carbonyl (C=O) groups excluding carboxylic acids is 1. The number of nitrogens with one attached hydrogen (secondary N) is 1. The zero-order valence-corrected chi connectivity index (χ0v) is 16.5. The summed E-state index contributed by atoms with van der Waals surface area (Å²) in [6.45, 7) is 4.06. The Morgan fingerprint density at radius 3 is 3.04 bits per heavy atom. The molecule has 0 aromatic carbocycles. The van der Waals surface area contributed by atoms with Crippen molar-refractivity contribution in [3.63, 3.8) is 0 Å². The molecule has 1 aliphatic rings. The molecule has 6 nitrogen and oxygen atoms in total. The van der Waals surface area contributed by atoms with E-state index in [2.05, 4.69) is 26.7 Å². The minimum atomic E-state index is 0.00355. The van der Waals surface area contributed by atoms with Crippen LogP contribution in [0.1, 0.15) is 21.1 Å². The number of thiazole rings is 1. The van der Waals surface area contributed by atoms with E-state index in [0.717, 1.165) is 35.8 Å². The van der Waals surface area contributed by atoms with Gasteiger partial charge in [-0.05, 0) is 25.0 Å². The third-order valence-electron chi connectivity index (χ3n) is 4.44. The van der Waals surface area contributed by atoms with E-state index in [0.29, 0.717) is 13.1 Å². The van der Waals surface area contributed by atoms with Gasteiger partial charge in [0.15, 0.2) is 0 Å². The van der Waals surface area contributed by atoms with Crippen LogP contribution in [-0.4, -0.2) is 38.6 Å². The highest BCUT2D eigenvalue weighted by Crippen LogP contribution is 2.35. The van der Waals surface area contributed by atoms with Crippen LogP contribution < -0.4 is 5.32 Å². The molecule has 0 saturated heterocycles. The number of carbonyl (C=O) groups is 1. The first-order valence-electron chi connectivity index (χ1n) is 8.62. The molecule has 4 rings (SSSR count). The van der Waals surface area contributed by atoms with E-state index in [1.807, 2.05) is 41.0 Å². The zero-order valence-electron chi connectivity index (χ0n) is 14.9. The molecule has 26 heavy (non-hydrogen) atoms. The van der Waals surface area contributed by atoms with E-state index in [1.54, 1.807) is 17.7 Å². The zero-order chi connectivity index (χ0) is 18.1. The van der Waals surface area contributed by atoms with Crippen molar-refractivity contribution in [2.45, 2.75) is 26.3 Å². The van der Waals surface area contributed by atoms with Crippen LogP contribution in [0.2, 0.25) is 0 Å². The Morgan fingerprint density at radius 1 is 1.42 bits per heavy atom. The van der Waals surface area contributed by atoms with Crippen LogP contribution in [0.5, 0.6) is 0 Å². The molecule has 0 unspecified atom stereocenters. The molecule has 3 aromatic heterocycles. The van der Waals surface area contributed by atoms with Gasteiger partial charge in [0, 0.05) is 49.6 Å². The SMILES string of the molecule is Cc1nc(-c2cc3c(s2)CCN(C(=O)NCCc2cn(C)cn2)C3)cs1. The average Bonchev–Trinajstić information content (AvgIpc) is 3.33. The highest BCUT2D eigenvalue weighted by atomic mass is 32.1. The maximum atomic E-state index is 12.5. The summed E-state index contributed by atoms with van der Waals surface area (Å²) in [7, 11) is 1.95. The lowest BCUT2D eigenvalue weighted by atomic mass is 10.1. The van der Waals surface area contributed by atoms with Crippen LogP contribution in [0.25, 0.3) is 10.6 Å². The number of thiophene rings is 1. The van der Waals surface area contributed by atoms with E-state index in [9.17, 15) is 4.79 Å². The van der Waals surface area contributed by atoms with Gasteiger partial charge in [0.25, 0.3) is 0 Å². The molecule has 0 radical (unpaired) electrons. The van der Waals surface area contributed by atoms with Gasteiger partial charge < -0.3 is 14.8 Å². The van der Waals surface area contributed by atoms with Crippen LogP contribution in [0.15, 0.2) is 24.0 Å². The fraction of sp³-hybridized carbons (Fsp3) is 0.389. The second kappa shape index (κ2) is 7.20. The summed E-state index contributed by atoms with van der Waals surface area (Å²) in [6, 6.07) is 2.20. The molecule has 1 aliphatic heterocycles. The molecule has 0 aliphatic carbocycles. The molecule has 136 valence electrons. The fourth-order valence-electron chi connectivity index (χ4n) is 3.11. The summed E-state index contributed by atoms with van der Waals surface area (Å²) in [5.41, 5.74) is 3.30. The first kappa shape index (κ1) is 17.2. The third kappa shape index (κ3) is 3.66. The van der Waals surface area contributed by atoms with Gasteiger partial charge in [-0.15, -0.1) is 22.7 Å². The smallest absolute Gasteiger partial charge is 0.317 e. The van der Waals surface area contributed by atoms with Crippen molar-refractivity contribution in [1.29, 1.82) is 0 Å². The van der Waals surface area contributed by atoms with Crippen molar-refractivity contribution >= 4 is 28.7 Å². The molecular weight excluding hydrogens is 366 g/mol. The molecule has 1 N–H and O–H groups in total. The number of hydrogen-bond donors (Lipinski definition) is 1. The number of aromatic nitrogens is 3. The van der Waals surface area contributed by atoms with Crippen molar-refractivity contribution in [3.8, 4) is 10.6 Å². The monoisotopic (exact) mass is 387 g/mol. The molecule has 4 heterocycles. The maximum absolute atomic E-state index is 12.5. The molecule has 3 aromatic rings. The summed E-state index contributed by atoms with van der Waals surface area (Å²) >= 11 is 3.48. The van der Waals surface area contributed by atoms with Crippen molar-refractivity contribution in [3.05, 3.63) is 45.1 Å². The number of rotatable bonds is 4. The molecule has 0 atom stereocenters. The molecular formula is C18H21N5OS2. The van der Waals surface area contributed by atoms with Crippen LogP contribution in [0.4, 0.5) is 4.79 Å². The summed E-state index contributed by atoms with van der Waals surface area (Å²) in [6.07, 6.45) is 5.42. The number of aryl methyl sites for hydroxylation is 2. The van der Waals surface area contributed by atoms with Crippen molar-refractivity contribution in [2.75, 3.05) is 13.1 Å². The van der Waals surface area contributed by atoms with Gasteiger partial charge in [-0.25, -0.2) is 14.8 Å². The Hall–Kier alpha value is -2.19. The van der Waals surface area contributed by atoms with E-state index in [-0.39, 0.29) is 6.03 Å². The number of amides is 2. The molecule has 0 saturated carbocycles. The predicted octanol–water partition coefficient (Wildman–Crippen LogP) is 3.22. The first-order chi connectivity index (χ1) is 12.6. The predicted molar refractivity (Wildman–Crippen MR) is 105 cm³/mol. The largest absolute Gasteiger partial charge is 0.340 e. The minimum Gasteiger partial charge on any atom is -0.340 e. The van der Waals surface area contributed by atoms with Crippen molar-refractivity contribution in [1.82, 2.24) is 24.8 Å². The second-order valence-corrected chi connectivity index (χ2v) is 8.69. The van der Waals surface area contributed by atoms with Crippen LogP contribution in [0, 0.1) is 6.92 Å². The van der Waals surface area contributed by atoms with Crippen LogP contribution in [0.3, 0.4) is 0 Å². The Labute approximate surface area is 160 Å². The molecule has 0 fully saturated rings. The van der Waals surface area contributed by atoms with Gasteiger partial charge in [0.2, 0.25) is 0 Å². The lowest BCUT2D eigenvalue weighted by Crippen LogP contribution is -2.43. The number of nitrogens with zero attached hydrogens (tertiary/aromatic N) is 4. The van der Waals surface area contributed by atoms with Crippen molar-refractivity contribution in [2.24, 2.45) is 7.05 Å². The minimum absolute atomic E-state index is 0.00355. The Bertz CT molecular complexity index is 926. The topological polar surface area (TPSA) is 63.1 Å². The van der Waals surface area contributed by atoms with E-state index in [4.69, 9.17) is 0 Å². The lowest BCUT2D eigenvalue weighted by molar-refractivity contribution is 0.193. The second-order valence-electron chi connectivity index (χ2n) is 6.49. The highest BCUT2D eigenvalue weighted by molar-refractivity contribution is 7.16. The van der Waals surface area contributed by atoms with E-state index in [1.165, 1.54) is 15.3 Å². The third-order valence-corrected chi connectivity index (χ3v) is 6.47. The maximum Gasteiger partial charge on any atom is 0.317 e. The number of hydrogen-bond acceptors (Lipinski definition) is 5. The summed E-state index contributed by atoms with van der Waals surface area (Å²) in [5, 5.41) is 6.20. The quantitative estimate of drug-likeness (QED) is 0.748. The Kier molecular flexibility index (Phi) is 4.78. The number of imidazole rings is 1. The van der Waals surface area contributed by atoms with Gasteiger partial charge in [0.1, 0.15) is 0 Å². The Morgan fingerprint density at radius 2 is 2.31 bits per heavy atom. The first-order valence-corrected chi connectivity index (χ1v) is 10.3. The van der Waals surface area contributed by atoms with Gasteiger partial charge in [-0.3, -0.25) is 0 Å². The van der Waals surface area contributed by atoms with E-state index < -0.39 is 0 Å². The fourth-order valence-corrected chi connectivity index (χ4v) is 4.93. The number of fused-ring (bicyclic) bond motifs is 1. The van der Waals surface area contributed by atoms with Crippen molar-refractivity contribution < 1.29 is 4.79 Å². The summed E-state index contributed by atoms with van der Waals surface area (Å²) in [5.74, 6) is 0. The van der Waals surface area contributed by atoms with Crippen LogP contribution in [-0.2, 0) is 26.4 Å². The summed E-state index contributed by atoms with van der Waals surface area (Å²) in [4.78, 5) is 25.8. The average molecular weight is 388 g/mol. The number of urea groups is 1. The van der Waals surface area contributed by atoms with Crippen LogP contribution >= 0.6 is 22.7 Å². The van der Waals surface area contributed by atoms with Gasteiger partial charge in [-0.2, -0.15) is 0 Å². The molecule has 0 bridgehead atoms. The molecule has 8 heteroatoms. The molecule has 0 spiro atoms. The standard InChI is InChI=1S/C18H21N5OS2/c1-12-21-15(10-25-12)17-7-13-8-23(6-4-16(13)26-17)18(24)19-5-3-14-9-22(2)11-20-14/h7,9-11H,3-6,8H2,1-2H3,(H,19,24).